The Morgan fingerprint density at radius 1 is 1.39 bits per heavy atom. The minimum absolute atomic E-state index is 0.0550. The SMILES string of the molecule is CC(=O)NCC1CCN(c2cc(C)nc(-c3cccs3)n2)CC1. The standard InChI is InChI=1S/C17H22N4OS/c1-12-10-16(20-17(19-12)15-4-3-9-23-15)21-7-5-14(6-8-21)11-18-13(2)22/h3-4,9-10,14H,5-8,11H2,1-2H3,(H,18,22). The molecule has 2 aromatic heterocycles. The Labute approximate surface area is 140 Å². The summed E-state index contributed by atoms with van der Waals surface area (Å²) in [6, 6.07) is 6.15. The summed E-state index contributed by atoms with van der Waals surface area (Å²) >= 11 is 1.67. The van der Waals surface area contributed by atoms with E-state index in [1.165, 1.54) is 0 Å². The van der Waals surface area contributed by atoms with Crippen molar-refractivity contribution in [3.05, 3.63) is 29.3 Å². The number of hydrogen-bond donors (Lipinski definition) is 1. The molecule has 6 heteroatoms. The van der Waals surface area contributed by atoms with Gasteiger partial charge in [0.05, 0.1) is 4.88 Å². The molecule has 0 bridgehead atoms. The van der Waals surface area contributed by atoms with Crippen molar-refractivity contribution in [2.75, 3.05) is 24.5 Å². The molecule has 2 aromatic rings. The van der Waals surface area contributed by atoms with Crippen LogP contribution in [-0.4, -0.2) is 35.5 Å². The van der Waals surface area contributed by atoms with Gasteiger partial charge < -0.3 is 10.2 Å². The molecule has 0 radical (unpaired) electrons. The summed E-state index contributed by atoms with van der Waals surface area (Å²) in [5.74, 6) is 2.45. The molecule has 0 saturated carbocycles. The lowest BCUT2D eigenvalue weighted by atomic mass is 9.97. The fourth-order valence-electron chi connectivity index (χ4n) is 2.88. The molecule has 0 aromatic carbocycles. The second-order valence-electron chi connectivity index (χ2n) is 6.04. The fourth-order valence-corrected chi connectivity index (χ4v) is 3.54. The number of amides is 1. The Bertz CT molecular complexity index is 663. The molecular weight excluding hydrogens is 308 g/mol. The van der Waals surface area contributed by atoms with Crippen LogP contribution in [0.2, 0.25) is 0 Å². The van der Waals surface area contributed by atoms with E-state index >= 15 is 0 Å². The van der Waals surface area contributed by atoms with Crippen LogP contribution in [0.4, 0.5) is 5.82 Å². The van der Waals surface area contributed by atoms with Gasteiger partial charge in [0.1, 0.15) is 5.82 Å². The van der Waals surface area contributed by atoms with Gasteiger partial charge in [-0.3, -0.25) is 4.79 Å². The molecular formula is C17H22N4OS. The van der Waals surface area contributed by atoms with Crippen molar-refractivity contribution >= 4 is 23.1 Å². The smallest absolute Gasteiger partial charge is 0.216 e. The highest BCUT2D eigenvalue weighted by atomic mass is 32.1. The van der Waals surface area contributed by atoms with E-state index in [1.807, 2.05) is 18.4 Å². The normalized spacial score (nSPS) is 15.7. The summed E-state index contributed by atoms with van der Waals surface area (Å²) < 4.78 is 0. The van der Waals surface area contributed by atoms with Crippen molar-refractivity contribution in [1.82, 2.24) is 15.3 Å². The van der Waals surface area contributed by atoms with Crippen molar-refractivity contribution in [3.63, 3.8) is 0 Å². The van der Waals surface area contributed by atoms with Crippen molar-refractivity contribution in [1.29, 1.82) is 0 Å². The minimum atomic E-state index is 0.0550. The maximum absolute atomic E-state index is 11.0. The van der Waals surface area contributed by atoms with Crippen molar-refractivity contribution in [2.24, 2.45) is 5.92 Å². The second kappa shape index (κ2) is 7.08. The molecule has 0 spiro atoms. The monoisotopic (exact) mass is 330 g/mol. The van der Waals surface area contributed by atoms with Gasteiger partial charge >= 0.3 is 0 Å². The Kier molecular flexibility index (Phi) is 4.91. The van der Waals surface area contributed by atoms with Gasteiger partial charge in [0.25, 0.3) is 0 Å². The van der Waals surface area contributed by atoms with E-state index in [0.717, 1.165) is 54.7 Å². The molecule has 1 N–H and O–H groups in total. The number of carbonyl (C=O) groups excluding carboxylic acids is 1. The van der Waals surface area contributed by atoms with Crippen LogP contribution in [0, 0.1) is 12.8 Å². The first-order valence-corrected chi connectivity index (χ1v) is 8.89. The Morgan fingerprint density at radius 2 is 2.17 bits per heavy atom. The topological polar surface area (TPSA) is 58.1 Å². The number of aryl methyl sites for hydroxylation is 1. The molecule has 1 saturated heterocycles. The number of carbonyl (C=O) groups is 1. The van der Waals surface area contributed by atoms with E-state index < -0.39 is 0 Å². The summed E-state index contributed by atoms with van der Waals surface area (Å²) in [5.41, 5.74) is 0.999. The number of thiophene rings is 1. The molecule has 3 heterocycles. The number of rotatable bonds is 4. The van der Waals surface area contributed by atoms with Crippen LogP contribution < -0.4 is 10.2 Å². The molecule has 23 heavy (non-hydrogen) atoms. The second-order valence-corrected chi connectivity index (χ2v) is 6.98. The van der Waals surface area contributed by atoms with Crippen LogP contribution >= 0.6 is 11.3 Å². The Morgan fingerprint density at radius 3 is 2.83 bits per heavy atom. The van der Waals surface area contributed by atoms with Gasteiger partial charge in [0, 0.05) is 38.3 Å². The lowest BCUT2D eigenvalue weighted by molar-refractivity contribution is -0.119. The molecule has 1 fully saturated rings. The van der Waals surface area contributed by atoms with E-state index in [9.17, 15) is 4.79 Å². The van der Waals surface area contributed by atoms with Crippen LogP contribution in [0.15, 0.2) is 23.6 Å². The predicted octanol–water partition coefficient (Wildman–Crippen LogP) is 2.87. The van der Waals surface area contributed by atoms with Gasteiger partial charge in [-0.25, -0.2) is 9.97 Å². The molecule has 1 aliphatic rings. The predicted molar refractivity (Wildman–Crippen MR) is 93.7 cm³/mol. The number of anilines is 1. The molecule has 5 nitrogen and oxygen atoms in total. The zero-order chi connectivity index (χ0) is 16.2. The van der Waals surface area contributed by atoms with Gasteiger partial charge in [-0.1, -0.05) is 6.07 Å². The number of nitrogens with one attached hydrogen (secondary N) is 1. The highest BCUT2D eigenvalue weighted by Crippen LogP contribution is 2.26. The van der Waals surface area contributed by atoms with Gasteiger partial charge in [0.2, 0.25) is 5.91 Å². The highest BCUT2D eigenvalue weighted by Gasteiger charge is 2.21. The van der Waals surface area contributed by atoms with E-state index in [1.54, 1.807) is 18.3 Å². The largest absolute Gasteiger partial charge is 0.356 e. The first-order valence-electron chi connectivity index (χ1n) is 8.01. The van der Waals surface area contributed by atoms with Gasteiger partial charge in [0.15, 0.2) is 5.82 Å². The highest BCUT2D eigenvalue weighted by molar-refractivity contribution is 7.13. The number of aromatic nitrogens is 2. The third-order valence-electron chi connectivity index (χ3n) is 4.16. The zero-order valence-electron chi connectivity index (χ0n) is 13.6. The molecule has 1 aliphatic heterocycles. The van der Waals surface area contributed by atoms with Crippen molar-refractivity contribution in [2.45, 2.75) is 26.7 Å². The summed E-state index contributed by atoms with van der Waals surface area (Å²) in [4.78, 5) is 23.8. The van der Waals surface area contributed by atoms with Crippen molar-refractivity contribution in [3.8, 4) is 10.7 Å². The quantitative estimate of drug-likeness (QED) is 0.936. The van der Waals surface area contributed by atoms with E-state index in [4.69, 9.17) is 4.98 Å². The van der Waals surface area contributed by atoms with Crippen LogP contribution in [0.5, 0.6) is 0 Å². The van der Waals surface area contributed by atoms with Crippen LogP contribution in [0.1, 0.15) is 25.5 Å². The first-order chi connectivity index (χ1) is 11.1. The Balaban J connectivity index is 1.67. The molecule has 0 aliphatic carbocycles. The lowest BCUT2D eigenvalue weighted by Crippen LogP contribution is -2.38. The van der Waals surface area contributed by atoms with Crippen LogP contribution in [-0.2, 0) is 4.79 Å². The molecule has 3 rings (SSSR count). The van der Waals surface area contributed by atoms with E-state index in [0.29, 0.717) is 5.92 Å². The van der Waals surface area contributed by atoms with Crippen molar-refractivity contribution < 1.29 is 4.79 Å². The molecule has 0 atom stereocenters. The average molecular weight is 330 g/mol. The summed E-state index contributed by atoms with van der Waals surface area (Å²) in [5, 5.41) is 4.97. The third-order valence-corrected chi connectivity index (χ3v) is 5.03. The van der Waals surface area contributed by atoms with Crippen LogP contribution in [0.3, 0.4) is 0 Å². The summed E-state index contributed by atoms with van der Waals surface area (Å²) in [6.07, 6.45) is 2.16. The summed E-state index contributed by atoms with van der Waals surface area (Å²) in [6.45, 7) is 6.33. The fraction of sp³-hybridized carbons (Fsp3) is 0.471. The Hall–Kier alpha value is -1.95. The molecule has 122 valence electrons. The maximum Gasteiger partial charge on any atom is 0.216 e. The zero-order valence-corrected chi connectivity index (χ0v) is 14.4. The third kappa shape index (κ3) is 4.07. The maximum atomic E-state index is 11.0. The average Bonchev–Trinajstić information content (AvgIpc) is 3.07. The van der Waals surface area contributed by atoms with Gasteiger partial charge in [-0.05, 0) is 37.1 Å². The van der Waals surface area contributed by atoms with E-state index in [-0.39, 0.29) is 5.91 Å². The molecule has 1 amide bonds. The van der Waals surface area contributed by atoms with Gasteiger partial charge in [-0.15, -0.1) is 11.3 Å². The van der Waals surface area contributed by atoms with Crippen LogP contribution in [0.25, 0.3) is 10.7 Å². The number of hydrogen-bond acceptors (Lipinski definition) is 5. The summed E-state index contributed by atoms with van der Waals surface area (Å²) in [7, 11) is 0. The first kappa shape index (κ1) is 15.9. The minimum Gasteiger partial charge on any atom is -0.356 e. The van der Waals surface area contributed by atoms with E-state index in [2.05, 4.69) is 27.3 Å². The van der Waals surface area contributed by atoms with Gasteiger partial charge in [-0.2, -0.15) is 0 Å². The number of nitrogens with zero attached hydrogens (tertiary/aromatic N) is 3. The lowest BCUT2D eigenvalue weighted by Gasteiger charge is -2.33. The number of piperidine rings is 1. The molecule has 0 unspecified atom stereocenters.